The largest absolute Gasteiger partial charge is 0.465 e. The fourth-order valence-corrected chi connectivity index (χ4v) is 3.85. The van der Waals surface area contributed by atoms with Gasteiger partial charge in [0, 0.05) is 17.2 Å². The highest BCUT2D eigenvalue weighted by Gasteiger charge is 2.35. The summed E-state index contributed by atoms with van der Waals surface area (Å²) in [5, 5.41) is -0.468. The van der Waals surface area contributed by atoms with Crippen molar-refractivity contribution in [3.8, 4) is 11.3 Å². The average Bonchev–Trinajstić information content (AvgIpc) is 3.35. The van der Waals surface area contributed by atoms with Crippen LogP contribution < -0.4 is 0 Å². The second kappa shape index (κ2) is 8.61. The van der Waals surface area contributed by atoms with E-state index in [1.165, 1.54) is 25.3 Å². The number of carbonyl (C=O) groups is 3. The molecule has 0 saturated carbocycles. The minimum Gasteiger partial charge on any atom is -0.465 e. The zero-order valence-electron chi connectivity index (χ0n) is 16.3. The number of esters is 1. The van der Waals surface area contributed by atoms with Gasteiger partial charge >= 0.3 is 5.97 Å². The Hall–Kier alpha value is -3.65. The first-order valence-corrected chi connectivity index (χ1v) is 10.1. The molecular weight excluding hydrogens is 421 g/mol. The normalized spacial score (nSPS) is 15.0. The van der Waals surface area contributed by atoms with E-state index in [0.29, 0.717) is 17.1 Å². The van der Waals surface area contributed by atoms with Crippen molar-refractivity contribution in [3.63, 3.8) is 0 Å². The first-order valence-electron chi connectivity index (χ1n) is 9.23. The fraction of sp³-hybridized carbons (Fsp3) is 0.0870. The van der Waals surface area contributed by atoms with E-state index in [-0.39, 0.29) is 17.0 Å². The number of ether oxygens (including phenoxy) is 1. The molecule has 0 unspecified atom stereocenters. The molecule has 156 valence electrons. The molecule has 6 nitrogen and oxygen atoms in total. The van der Waals surface area contributed by atoms with Crippen LogP contribution in [0.5, 0.6) is 0 Å². The molecule has 3 aromatic rings. The maximum Gasteiger partial charge on any atom is 0.337 e. The summed E-state index contributed by atoms with van der Waals surface area (Å²) in [5.74, 6) is -0.479. The third-order valence-corrected chi connectivity index (χ3v) is 5.56. The van der Waals surface area contributed by atoms with Gasteiger partial charge in [-0.3, -0.25) is 14.5 Å². The van der Waals surface area contributed by atoms with E-state index >= 15 is 0 Å². The van der Waals surface area contributed by atoms with Gasteiger partial charge in [0.2, 0.25) is 0 Å². The minimum absolute atomic E-state index is 0.134. The Morgan fingerprint density at radius 3 is 2.55 bits per heavy atom. The Kier molecular flexibility index (Phi) is 5.73. The third-order valence-electron chi connectivity index (χ3n) is 4.65. The number of imide groups is 1. The van der Waals surface area contributed by atoms with Crippen molar-refractivity contribution in [1.82, 2.24) is 4.90 Å². The van der Waals surface area contributed by atoms with Gasteiger partial charge in [-0.1, -0.05) is 30.3 Å². The smallest absolute Gasteiger partial charge is 0.337 e. The van der Waals surface area contributed by atoms with Crippen LogP contribution in [0.15, 0.2) is 70.0 Å². The van der Waals surface area contributed by atoms with Gasteiger partial charge in [0.1, 0.15) is 17.3 Å². The van der Waals surface area contributed by atoms with E-state index in [4.69, 9.17) is 4.42 Å². The second-order valence-corrected chi connectivity index (χ2v) is 7.62. The molecule has 0 spiro atoms. The van der Waals surface area contributed by atoms with Gasteiger partial charge in [-0.2, -0.15) is 0 Å². The lowest BCUT2D eigenvalue weighted by Crippen LogP contribution is -2.27. The van der Waals surface area contributed by atoms with Crippen LogP contribution in [0.1, 0.15) is 21.7 Å². The molecule has 1 fully saturated rings. The zero-order valence-corrected chi connectivity index (χ0v) is 17.1. The number of rotatable bonds is 5. The van der Waals surface area contributed by atoms with Crippen molar-refractivity contribution in [2.75, 3.05) is 7.11 Å². The molecule has 1 saturated heterocycles. The van der Waals surface area contributed by atoms with Crippen molar-refractivity contribution in [2.24, 2.45) is 0 Å². The molecule has 8 heteroatoms. The van der Waals surface area contributed by atoms with E-state index in [0.717, 1.165) is 22.2 Å². The third kappa shape index (κ3) is 4.29. The molecule has 0 aliphatic carbocycles. The Morgan fingerprint density at radius 1 is 1.10 bits per heavy atom. The number of hydrogen-bond donors (Lipinski definition) is 0. The van der Waals surface area contributed by atoms with Crippen LogP contribution in [-0.2, 0) is 16.1 Å². The number of carbonyl (C=O) groups excluding carboxylic acids is 3. The number of benzene rings is 2. The van der Waals surface area contributed by atoms with Crippen LogP contribution in [0, 0.1) is 5.82 Å². The Balaban J connectivity index is 1.51. The van der Waals surface area contributed by atoms with Gasteiger partial charge < -0.3 is 9.15 Å². The lowest BCUT2D eigenvalue weighted by atomic mass is 10.1. The molecule has 2 aromatic carbocycles. The number of thioether (sulfide) groups is 1. The Labute approximate surface area is 181 Å². The SMILES string of the molecule is COC(=O)c1ccc(-c2ccc(/C=C3\SC(=O)N(Cc4ccccc4F)C3=O)o2)cc1. The summed E-state index contributed by atoms with van der Waals surface area (Å²) in [5.41, 5.74) is 1.42. The highest BCUT2D eigenvalue weighted by molar-refractivity contribution is 8.18. The summed E-state index contributed by atoms with van der Waals surface area (Å²) >= 11 is 0.779. The molecule has 0 atom stereocenters. The van der Waals surface area contributed by atoms with Gasteiger partial charge in [-0.25, -0.2) is 9.18 Å². The van der Waals surface area contributed by atoms with Crippen molar-refractivity contribution in [2.45, 2.75) is 6.54 Å². The lowest BCUT2D eigenvalue weighted by molar-refractivity contribution is -0.123. The van der Waals surface area contributed by atoms with Crippen LogP contribution in [0.3, 0.4) is 0 Å². The molecule has 4 rings (SSSR count). The number of methoxy groups -OCH3 is 1. The van der Waals surface area contributed by atoms with E-state index < -0.39 is 22.9 Å². The predicted molar refractivity (Wildman–Crippen MR) is 113 cm³/mol. The standard InChI is InChI=1S/C23H16FNO5S/c1-29-22(27)15-8-6-14(7-9-15)19-11-10-17(30-19)12-20-21(26)25(23(28)31-20)13-16-4-2-3-5-18(16)24/h2-12H,13H2,1H3/b20-12-. The minimum atomic E-state index is -0.501. The van der Waals surface area contributed by atoms with E-state index in [2.05, 4.69) is 4.74 Å². The predicted octanol–water partition coefficient (Wildman–Crippen LogP) is 5.11. The van der Waals surface area contributed by atoms with E-state index in [1.54, 1.807) is 48.5 Å². The summed E-state index contributed by atoms with van der Waals surface area (Å²) in [4.78, 5) is 37.7. The zero-order chi connectivity index (χ0) is 22.0. The molecule has 1 aliphatic heterocycles. The molecule has 1 aromatic heterocycles. The van der Waals surface area contributed by atoms with E-state index in [9.17, 15) is 18.8 Å². The summed E-state index contributed by atoms with van der Waals surface area (Å²) in [6, 6.07) is 16.1. The van der Waals surface area contributed by atoms with Crippen molar-refractivity contribution < 1.29 is 27.9 Å². The number of nitrogens with zero attached hydrogens (tertiary/aromatic N) is 1. The van der Waals surface area contributed by atoms with Gasteiger partial charge in [0.25, 0.3) is 11.1 Å². The quantitative estimate of drug-likeness (QED) is 0.408. The van der Waals surface area contributed by atoms with Gasteiger partial charge in [0.15, 0.2) is 0 Å². The molecule has 31 heavy (non-hydrogen) atoms. The Morgan fingerprint density at radius 2 is 1.84 bits per heavy atom. The summed E-state index contributed by atoms with van der Waals surface area (Å²) in [7, 11) is 1.31. The fourth-order valence-electron chi connectivity index (χ4n) is 3.04. The molecular formula is C23H16FNO5S. The van der Waals surface area contributed by atoms with Crippen LogP contribution >= 0.6 is 11.8 Å². The topological polar surface area (TPSA) is 76.8 Å². The number of amides is 2. The maximum atomic E-state index is 13.9. The summed E-state index contributed by atoms with van der Waals surface area (Å²) < 4.78 is 24.3. The highest BCUT2D eigenvalue weighted by atomic mass is 32.2. The summed E-state index contributed by atoms with van der Waals surface area (Å²) in [6.45, 7) is -0.134. The first kappa shape index (κ1) is 20.6. The number of hydrogen-bond acceptors (Lipinski definition) is 6. The number of halogens is 1. The second-order valence-electron chi connectivity index (χ2n) is 6.63. The Bertz CT molecular complexity index is 1200. The average molecular weight is 437 g/mol. The summed E-state index contributed by atoms with van der Waals surface area (Å²) in [6.07, 6.45) is 1.48. The van der Waals surface area contributed by atoms with Gasteiger partial charge in [-0.15, -0.1) is 0 Å². The van der Waals surface area contributed by atoms with E-state index in [1.807, 2.05) is 0 Å². The van der Waals surface area contributed by atoms with Crippen LogP contribution in [0.2, 0.25) is 0 Å². The van der Waals surface area contributed by atoms with Gasteiger partial charge in [-0.05, 0) is 42.1 Å². The maximum absolute atomic E-state index is 13.9. The van der Waals surface area contributed by atoms with Crippen LogP contribution in [0.25, 0.3) is 17.4 Å². The first-order chi connectivity index (χ1) is 15.0. The molecule has 1 aliphatic rings. The lowest BCUT2D eigenvalue weighted by Gasteiger charge is -2.12. The van der Waals surface area contributed by atoms with Crippen molar-refractivity contribution >= 4 is 35.0 Å². The monoisotopic (exact) mass is 437 g/mol. The van der Waals surface area contributed by atoms with Gasteiger partial charge in [0.05, 0.1) is 24.1 Å². The molecule has 2 amide bonds. The number of furan rings is 1. The van der Waals surface area contributed by atoms with Crippen LogP contribution in [-0.4, -0.2) is 29.1 Å². The molecule has 2 heterocycles. The van der Waals surface area contributed by atoms with Crippen molar-refractivity contribution in [3.05, 3.63) is 88.3 Å². The molecule has 0 radical (unpaired) electrons. The van der Waals surface area contributed by atoms with Crippen LogP contribution in [0.4, 0.5) is 9.18 Å². The molecule has 0 N–H and O–H groups in total. The molecule has 0 bridgehead atoms. The highest BCUT2D eigenvalue weighted by Crippen LogP contribution is 2.34. The van der Waals surface area contributed by atoms with Crippen molar-refractivity contribution in [1.29, 1.82) is 0 Å².